The number of benzene rings is 1. The Morgan fingerprint density at radius 1 is 1.24 bits per heavy atom. The van der Waals surface area contributed by atoms with Crippen LogP contribution in [0, 0.1) is 0 Å². The molecule has 0 spiro atoms. The summed E-state index contributed by atoms with van der Waals surface area (Å²) in [4.78, 5) is 11.3. The minimum Gasteiger partial charge on any atom is -0.482 e. The van der Waals surface area contributed by atoms with Gasteiger partial charge in [-0.05, 0) is 32.9 Å². The second kappa shape index (κ2) is 6.60. The molecular weight excluding hydrogens is 361 g/mol. The van der Waals surface area contributed by atoms with Crippen molar-refractivity contribution in [1.29, 1.82) is 0 Å². The molecule has 1 rings (SSSR count). The lowest BCUT2D eigenvalue weighted by molar-refractivity contribution is -0.124. The van der Waals surface area contributed by atoms with Crippen LogP contribution in [0.2, 0.25) is 10.0 Å². The quantitative estimate of drug-likeness (QED) is 0.821. The summed E-state index contributed by atoms with van der Waals surface area (Å²) in [7, 11) is 1.21. The molecule has 0 fully saturated rings. The molecule has 1 aromatic rings. The summed E-state index contributed by atoms with van der Waals surface area (Å²) in [5, 5.41) is 2.33. The molecule has 0 aliphatic heterocycles. The van der Waals surface area contributed by atoms with Crippen molar-refractivity contribution in [3.63, 3.8) is 0 Å². The Labute approximate surface area is 137 Å². The van der Waals surface area contributed by atoms with Gasteiger partial charge in [0.2, 0.25) is 0 Å². The van der Waals surface area contributed by atoms with Gasteiger partial charge >= 0.3 is 0 Å². The average Bonchev–Trinajstić information content (AvgIpc) is 2.27. The SMILES string of the molecule is CC(C)(C)NC(=O)COc1ccc(S(=O)(=O)Cl)c(Cl)c1Cl. The molecular formula is C12H14Cl3NO4S. The van der Waals surface area contributed by atoms with Crippen molar-refractivity contribution in [1.82, 2.24) is 5.32 Å². The van der Waals surface area contributed by atoms with E-state index in [2.05, 4.69) is 5.32 Å². The summed E-state index contributed by atoms with van der Waals surface area (Å²) < 4.78 is 27.7. The fourth-order valence-corrected chi connectivity index (χ4v) is 3.20. The summed E-state index contributed by atoms with van der Waals surface area (Å²) in [6.45, 7) is 5.21. The van der Waals surface area contributed by atoms with Crippen LogP contribution in [0.15, 0.2) is 17.0 Å². The lowest BCUT2D eigenvalue weighted by Crippen LogP contribution is -2.43. The molecule has 0 aliphatic rings. The molecule has 9 heteroatoms. The number of carbonyl (C=O) groups excluding carboxylic acids is 1. The molecule has 0 radical (unpaired) electrons. The highest BCUT2D eigenvalue weighted by atomic mass is 35.7. The normalized spacial score (nSPS) is 12.1. The van der Waals surface area contributed by atoms with Crippen molar-refractivity contribution in [2.75, 3.05) is 6.61 Å². The molecule has 21 heavy (non-hydrogen) atoms. The lowest BCUT2D eigenvalue weighted by atomic mass is 10.1. The molecule has 0 saturated heterocycles. The smallest absolute Gasteiger partial charge is 0.262 e. The van der Waals surface area contributed by atoms with Crippen LogP contribution in [0.1, 0.15) is 20.8 Å². The highest BCUT2D eigenvalue weighted by Gasteiger charge is 2.21. The largest absolute Gasteiger partial charge is 0.482 e. The van der Waals surface area contributed by atoms with E-state index in [1.54, 1.807) is 0 Å². The van der Waals surface area contributed by atoms with Gasteiger partial charge in [-0.1, -0.05) is 23.2 Å². The van der Waals surface area contributed by atoms with Crippen LogP contribution >= 0.6 is 33.9 Å². The van der Waals surface area contributed by atoms with Crippen molar-refractivity contribution >= 4 is 48.8 Å². The van der Waals surface area contributed by atoms with Crippen molar-refractivity contribution in [2.45, 2.75) is 31.2 Å². The monoisotopic (exact) mass is 373 g/mol. The van der Waals surface area contributed by atoms with Crippen LogP contribution < -0.4 is 10.1 Å². The van der Waals surface area contributed by atoms with E-state index in [0.29, 0.717) is 0 Å². The molecule has 0 atom stereocenters. The predicted molar refractivity (Wildman–Crippen MR) is 82.9 cm³/mol. The van der Waals surface area contributed by atoms with Gasteiger partial charge < -0.3 is 10.1 Å². The van der Waals surface area contributed by atoms with E-state index >= 15 is 0 Å². The fourth-order valence-electron chi connectivity index (χ4n) is 1.41. The molecule has 0 aliphatic carbocycles. The van der Waals surface area contributed by atoms with E-state index in [1.165, 1.54) is 6.07 Å². The second-order valence-electron chi connectivity index (χ2n) is 5.21. The Morgan fingerprint density at radius 3 is 2.29 bits per heavy atom. The third kappa shape index (κ3) is 5.54. The van der Waals surface area contributed by atoms with E-state index in [-0.39, 0.29) is 33.2 Å². The highest BCUT2D eigenvalue weighted by molar-refractivity contribution is 8.13. The van der Waals surface area contributed by atoms with E-state index in [4.69, 9.17) is 38.6 Å². The minimum absolute atomic E-state index is 0.0924. The average molecular weight is 375 g/mol. The van der Waals surface area contributed by atoms with Crippen molar-refractivity contribution in [3.05, 3.63) is 22.2 Å². The number of amides is 1. The maximum absolute atomic E-state index is 11.6. The number of nitrogens with one attached hydrogen (secondary N) is 1. The Kier molecular flexibility index (Phi) is 5.77. The Balaban J connectivity index is 2.88. The van der Waals surface area contributed by atoms with Gasteiger partial charge in [0.1, 0.15) is 15.7 Å². The number of hydrogen-bond acceptors (Lipinski definition) is 4. The first-order chi connectivity index (χ1) is 9.42. The van der Waals surface area contributed by atoms with Gasteiger partial charge in [0.05, 0.1) is 5.02 Å². The van der Waals surface area contributed by atoms with Crippen molar-refractivity contribution < 1.29 is 17.9 Å². The molecule has 5 nitrogen and oxygen atoms in total. The summed E-state index contributed by atoms with van der Waals surface area (Å²) in [5.41, 5.74) is -0.390. The van der Waals surface area contributed by atoms with Crippen LogP contribution in [-0.4, -0.2) is 26.5 Å². The summed E-state index contributed by atoms with van der Waals surface area (Å²) in [5.74, 6) is -0.251. The predicted octanol–water partition coefficient (Wildman–Crippen LogP) is 3.21. The second-order valence-corrected chi connectivity index (χ2v) is 8.50. The van der Waals surface area contributed by atoms with Crippen LogP contribution in [0.4, 0.5) is 0 Å². The summed E-state index contributed by atoms with van der Waals surface area (Å²) in [6.07, 6.45) is 0. The number of halogens is 3. The number of carbonyl (C=O) groups is 1. The van der Waals surface area contributed by atoms with E-state index in [0.717, 1.165) is 6.07 Å². The maximum atomic E-state index is 11.6. The Hall–Kier alpha value is -0.690. The molecule has 1 amide bonds. The third-order valence-electron chi connectivity index (χ3n) is 2.15. The Bertz CT molecular complexity index is 653. The van der Waals surface area contributed by atoms with Gasteiger partial charge in [0.15, 0.2) is 6.61 Å². The van der Waals surface area contributed by atoms with Crippen LogP contribution in [-0.2, 0) is 13.8 Å². The van der Waals surface area contributed by atoms with Gasteiger partial charge in [0, 0.05) is 16.2 Å². The standard InChI is InChI=1S/C12H14Cl3NO4S/c1-12(2,3)16-9(17)6-20-7-4-5-8(21(15,18)19)11(14)10(7)13/h4-5H,6H2,1-3H3,(H,16,17). The first-order valence-corrected chi connectivity index (χ1v) is 8.85. The first-order valence-electron chi connectivity index (χ1n) is 5.78. The van der Waals surface area contributed by atoms with Crippen molar-refractivity contribution in [3.8, 4) is 5.75 Å². The summed E-state index contributed by atoms with van der Waals surface area (Å²) in [6, 6.07) is 2.45. The van der Waals surface area contributed by atoms with Gasteiger partial charge in [-0.15, -0.1) is 0 Å². The third-order valence-corrected chi connectivity index (χ3v) is 4.49. The zero-order valence-corrected chi connectivity index (χ0v) is 14.6. The summed E-state index contributed by atoms with van der Waals surface area (Å²) >= 11 is 11.7. The van der Waals surface area contributed by atoms with Crippen LogP contribution in [0.5, 0.6) is 5.75 Å². The van der Waals surface area contributed by atoms with Gasteiger partial charge in [-0.25, -0.2) is 8.42 Å². The van der Waals surface area contributed by atoms with Gasteiger partial charge in [-0.2, -0.15) is 0 Å². The fraction of sp³-hybridized carbons (Fsp3) is 0.417. The molecule has 0 aromatic heterocycles. The molecule has 0 unspecified atom stereocenters. The zero-order valence-electron chi connectivity index (χ0n) is 11.5. The van der Waals surface area contributed by atoms with Gasteiger partial charge in [-0.3, -0.25) is 4.79 Å². The topological polar surface area (TPSA) is 72.5 Å². The van der Waals surface area contributed by atoms with E-state index in [1.807, 2.05) is 20.8 Å². The number of hydrogen-bond donors (Lipinski definition) is 1. The molecule has 1 N–H and O–H groups in total. The number of rotatable bonds is 4. The molecule has 1 aromatic carbocycles. The van der Waals surface area contributed by atoms with Crippen molar-refractivity contribution in [2.24, 2.45) is 0 Å². The van der Waals surface area contributed by atoms with E-state index < -0.39 is 14.6 Å². The molecule has 118 valence electrons. The van der Waals surface area contributed by atoms with Gasteiger partial charge in [0.25, 0.3) is 15.0 Å². The molecule has 0 heterocycles. The first kappa shape index (κ1) is 18.4. The number of ether oxygens (including phenoxy) is 1. The zero-order chi connectivity index (χ0) is 16.4. The van der Waals surface area contributed by atoms with Crippen LogP contribution in [0.25, 0.3) is 0 Å². The molecule has 0 saturated carbocycles. The minimum atomic E-state index is -4.01. The highest BCUT2D eigenvalue weighted by Crippen LogP contribution is 2.37. The lowest BCUT2D eigenvalue weighted by Gasteiger charge is -2.20. The maximum Gasteiger partial charge on any atom is 0.262 e. The van der Waals surface area contributed by atoms with Crippen LogP contribution in [0.3, 0.4) is 0 Å². The van der Waals surface area contributed by atoms with E-state index in [9.17, 15) is 13.2 Å². The molecule has 0 bridgehead atoms. The Morgan fingerprint density at radius 2 is 1.81 bits per heavy atom.